The molecule has 0 saturated heterocycles. The Bertz CT molecular complexity index is 860. The average molecular weight is 338 g/mol. The maximum Gasteiger partial charge on any atom is 0.181 e. The van der Waals surface area contributed by atoms with Gasteiger partial charge in [-0.15, -0.1) is 0 Å². The van der Waals surface area contributed by atoms with Crippen molar-refractivity contribution in [3.63, 3.8) is 0 Å². The molecule has 6 nitrogen and oxygen atoms in total. The fourth-order valence-electron chi connectivity index (χ4n) is 2.67. The summed E-state index contributed by atoms with van der Waals surface area (Å²) in [5.41, 5.74) is 9.35. The van der Waals surface area contributed by atoms with E-state index in [0.717, 1.165) is 16.7 Å². The van der Waals surface area contributed by atoms with Crippen LogP contribution in [0, 0.1) is 6.92 Å². The summed E-state index contributed by atoms with van der Waals surface area (Å²) in [6.07, 6.45) is 0. The highest BCUT2D eigenvalue weighted by molar-refractivity contribution is 5.59. The van der Waals surface area contributed by atoms with Crippen LogP contribution in [-0.4, -0.2) is 28.9 Å². The molecule has 1 heterocycles. The van der Waals surface area contributed by atoms with Crippen LogP contribution in [0.2, 0.25) is 0 Å². The van der Waals surface area contributed by atoms with Gasteiger partial charge in [0.15, 0.2) is 17.3 Å². The van der Waals surface area contributed by atoms with Crippen molar-refractivity contribution < 1.29 is 9.47 Å². The first-order valence-electron chi connectivity index (χ1n) is 8.18. The summed E-state index contributed by atoms with van der Waals surface area (Å²) in [6.45, 7) is 4.51. The molecule has 1 atom stereocenters. The van der Waals surface area contributed by atoms with Crippen LogP contribution >= 0.6 is 0 Å². The van der Waals surface area contributed by atoms with Gasteiger partial charge in [0.05, 0.1) is 19.8 Å². The Morgan fingerprint density at radius 1 is 1.16 bits per heavy atom. The van der Waals surface area contributed by atoms with Gasteiger partial charge in [-0.25, -0.2) is 4.98 Å². The fourth-order valence-corrected chi connectivity index (χ4v) is 2.67. The van der Waals surface area contributed by atoms with Crippen LogP contribution in [0.3, 0.4) is 0 Å². The van der Waals surface area contributed by atoms with E-state index in [1.54, 1.807) is 7.11 Å². The van der Waals surface area contributed by atoms with Gasteiger partial charge in [0.25, 0.3) is 0 Å². The molecule has 2 aromatic carbocycles. The van der Waals surface area contributed by atoms with Crippen LogP contribution in [0.15, 0.2) is 42.5 Å². The largest absolute Gasteiger partial charge is 0.493 e. The first kappa shape index (κ1) is 17.0. The van der Waals surface area contributed by atoms with Gasteiger partial charge in [-0.05, 0) is 37.1 Å². The SMILES string of the molecule is CCOc1cc(C(N)c2nc(-c3ccccc3C)n[nH]2)ccc1OC. The molecule has 3 rings (SSSR count). The Morgan fingerprint density at radius 2 is 1.96 bits per heavy atom. The van der Waals surface area contributed by atoms with E-state index in [9.17, 15) is 0 Å². The first-order valence-corrected chi connectivity index (χ1v) is 8.18. The molecule has 0 saturated carbocycles. The molecule has 3 aromatic rings. The molecule has 0 radical (unpaired) electrons. The Kier molecular flexibility index (Phi) is 5.00. The summed E-state index contributed by atoms with van der Waals surface area (Å²) in [7, 11) is 1.61. The number of nitrogens with one attached hydrogen (secondary N) is 1. The van der Waals surface area contributed by atoms with Gasteiger partial charge < -0.3 is 15.2 Å². The van der Waals surface area contributed by atoms with Crippen molar-refractivity contribution in [2.24, 2.45) is 5.73 Å². The molecular formula is C19H22N4O2. The van der Waals surface area contributed by atoms with Crippen molar-refractivity contribution in [2.75, 3.05) is 13.7 Å². The number of hydrogen-bond donors (Lipinski definition) is 2. The zero-order chi connectivity index (χ0) is 17.8. The maximum absolute atomic E-state index is 6.37. The number of nitrogens with zero attached hydrogens (tertiary/aromatic N) is 2. The molecule has 0 aliphatic heterocycles. The van der Waals surface area contributed by atoms with Gasteiger partial charge in [-0.1, -0.05) is 30.3 Å². The van der Waals surface area contributed by atoms with E-state index in [2.05, 4.69) is 15.2 Å². The smallest absolute Gasteiger partial charge is 0.181 e. The molecule has 130 valence electrons. The Balaban J connectivity index is 1.90. The molecule has 1 unspecified atom stereocenters. The minimum Gasteiger partial charge on any atom is -0.493 e. The zero-order valence-corrected chi connectivity index (χ0v) is 14.6. The van der Waals surface area contributed by atoms with Crippen LogP contribution < -0.4 is 15.2 Å². The molecule has 6 heteroatoms. The van der Waals surface area contributed by atoms with Crippen molar-refractivity contribution in [1.29, 1.82) is 0 Å². The summed E-state index contributed by atoms with van der Waals surface area (Å²) in [5.74, 6) is 2.58. The molecule has 0 spiro atoms. The standard InChI is InChI=1S/C19H22N4O2/c1-4-25-16-11-13(9-10-15(16)24-3)17(20)19-21-18(22-23-19)14-8-6-5-7-12(14)2/h5-11,17H,4,20H2,1-3H3,(H,21,22,23). The number of ether oxygens (including phenoxy) is 2. The normalized spacial score (nSPS) is 12.0. The molecule has 0 aliphatic carbocycles. The quantitative estimate of drug-likeness (QED) is 0.720. The highest BCUT2D eigenvalue weighted by Crippen LogP contribution is 2.31. The van der Waals surface area contributed by atoms with Crippen molar-refractivity contribution in [3.05, 3.63) is 59.4 Å². The zero-order valence-electron chi connectivity index (χ0n) is 14.6. The molecule has 0 fully saturated rings. The second-order valence-corrected chi connectivity index (χ2v) is 5.68. The van der Waals surface area contributed by atoms with Crippen LogP contribution in [-0.2, 0) is 0 Å². The number of H-pyrrole nitrogens is 1. The second-order valence-electron chi connectivity index (χ2n) is 5.68. The third-order valence-electron chi connectivity index (χ3n) is 4.03. The van der Waals surface area contributed by atoms with E-state index in [0.29, 0.717) is 29.8 Å². The lowest BCUT2D eigenvalue weighted by Crippen LogP contribution is -2.14. The third-order valence-corrected chi connectivity index (χ3v) is 4.03. The molecular weight excluding hydrogens is 316 g/mol. The number of methoxy groups -OCH3 is 1. The van der Waals surface area contributed by atoms with Gasteiger partial charge in [0.1, 0.15) is 5.82 Å². The van der Waals surface area contributed by atoms with E-state index in [4.69, 9.17) is 15.2 Å². The molecule has 0 amide bonds. The fraction of sp³-hybridized carbons (Fsp3) is 0.263. The van der Waals surface area contributed by atoms with E-state index in [1.165, 1.54) is 0 Å². The number of hydrogen-bond acceptors (Lipinski definition) is 5. The number of rotatable bonds is 6. The van der Waals surface area contributed by atoms with Gasteiger partial charge in [-0.3, -0.25) is 5.10 Å². The summed E-state index contributed by atoms with van der Waals surface area (Å²) in [6, 6.07) is 13.2. The third kappa shape index (κ3) is 3.49. The first-order chi connectivity index (χ1) is 12.1. The number of aromatic nitrogens is 3. The lowest BCUT2D eigenvalue weighted by Gasteiger charge is -2.14. The summed E-state index contributed by atoms with van der Waals surface area (Å²) in [5, 5.41) is 7.27. The second kappa shape index (κ2) is 7.36. The van der Waals surface area contributed by atoms with Gasteiger partial charge in [-0.2, -0.15) is 5.10 Å². The topological polar surface area (TPSA) is 86.0 Å². The van der Waals surface area contributed by atoms with E-state index < -0.39 is 6.04 Å². The predicted octanol–water partition coefficient (Wildman–Crippen LogP) is 3.24. The van der Waals surface area contributed by atoms with Crippen LogP contribution in [0.5, 0.6) is 11.5 Å². The van der Waals surface area contributed by atoms with Crippen molar-refractivity contribution in [3.8, 4) is 22.9 Å². The monoisotopic (exact) mass is 338 g/mol. The lowest BCUT2D eigenvalue weighted by atomic mass is 10.1. The van der Waals surface area contributed by atoms with Gasteiger partial charge in [0.2, 0.25) is 0 Å². The maximum atomic E-state index is 6.37. The lowest BCUT2D eigenvalue weighted by molar-refractivity contribution is 0.310. The number of aryl methyl sites for hydroxylation is 1. The highest BCUT2D eigenvalue weighted by Gasteiger charge is 2.17. The van der Waals surface area contributed by atoms with Crippen molar-refractivity contribution >= 4 is 0 Å². The number of nitrogens with two attached hydrogens (primary N) is 1. The van der Waals surface area contributed by atoms with E-state index in [-0.39, 0.29) is 0 Å². The summed E-state index contributed by atoms with van der Waals surface area (Å²) in [4.78, 5) is 4.57. The van der Waals surface area contributed by atoms with Gasteiger partial charge in [0, 0.05) is 5.56 Å². The van der Waals surface area contributed by atoms with Crippen LogP contribution in [0.25, 0.3) is 11.4 Å². The summed E-state index contributed by atoms with van der Waals surface area (Å²) < 4.78 is 10.9. The summed E-state index contributed by atoms with van der Waals surface area (Å²) >= 11 is 0. The van der Waals surface area contributed by atoms with Crippen molar-refractivity contribution in [1.82, 2.24) is 15.2 Å². The van der Waals surface area contributed by atoms with Crippen molar-refractivity contribution in [2.45, 2.75) is 19.9 Å². The van der Waals surface area contributed by atoms with Crippen LogP contribution in [0.4, 0.5) is 0 Å². The molecule has 0 aliphatic rings. The molecule has 3 N–H and O–H groups in total. The minimum absolute atomic E-state index is 0.435. The highest BCUT2D eigenvalue weighted by atomic mass is 16.5. The average Bonchev–Trinajstić information content (AvgIpc) is 3.11. The van der Waals surface area contributed by atoms with E-state index >= 15 is 0 Å². The number of aromatic amines is 1. The van der Waals surface area contributed by atoms with E-state index in [1.807, 2.05) is 56.3 Å². The predicted molar refractivity (Wildman–Crippen MR) is 96.7 cm³/mol. The minimum atomic E-state index is -0.435. The number of benzene rings is 2. The Hall–Kier alpha value is -2.86. The molecule has 25 heavy (non-hydrogen) atoms. The molecule has 0 bridgehead atoms. The molecule has 1 aromatic heterocycles. The Labute approximate surface area is 147 Å². The Morgan fingerprint density at radius 3 is 2.68 bits per heavy atom. The van der Waals surface area contributed by atoms with Crippen LogP contribution in [0.1, 0.15) is 29.9 Å². The van der Waals surface area contributed by atoms with Gasteiger partial charge >= 0.3 is 0 Å².